The third kappa shape index (κ3) is 3.96. The van der Waals surface area contributed by atoms with Crippen LogP contribution in [0.3, 0.4) is 0 Å². The quantitative estimate of drug-likeness (QED) is 0.495. The van der Waals surface area contributed by atoms with Crippen molar-refractivity contribution in [3.63, 3.8) is 0 Å². The number of hydrazone groups is 1. The van der Waals surface area contributed by atoms with Crippen LogP contribution in [0.5, 0.6) is 0 Å². The Hall–Kier alpha value is -2.85. The summed E-state index contributed by atoms with van der Waals surface area (Å²) in [6, 6.07) is 15.0. The Morgan fingerprint density at radius 3 is 2.48 bits per heavy atom. The second-order valence-corrected chi connectivity index (χ2v) is 7.02. The average Bonchev–Trinajstić information content (AvgIpc) is 2.92. The molecule has 138 valence electrons. The van der Waals surface area contributed by atoms with Crippen LogP contribution in [0.2, 0.25) is 5.02 Å². The van der Waals surface area contributed by atoms with E-state index in [2.05, 4.69) is 67.1 Å². The second kappa shape index (κ2) is 7.80. The molecule has 0 aliphatic carbocycles. The highest BCUT2D eigenvalue weighted by molar-refractivity contribution is 6.30. The van der Waals surface area contributed by atoms with Crippen molar-refractivity contribution in [1.29, 1.82) is 0 Å². The van der Waals surface area contributed by atoms with Crippen molar-refractivity contribution in [2.24, 2.45) is 5.10 Å². The summed E-state index contributed by atoms with van der Waals surface area (Å²) in [7, 11) is 0. The van der Waals surface area contributed by atoms with Gasteiger partial charge in [-0.15, -0.1) is 0 Å². The summed E-state index contributed by atoms with van der Waals surface area (Å²) < 4.78 is 2.21. The number of nitrogens with one attached hydrogen (secondary N) is 1. The molecule has 3 rings (SSSR count). The van der Waals surface area contributed by atoms with Crippen LogP contribution in [0.1, 0.15) is 38.4 Å². The van der Waals surface area contributed by atoms with Gasteiger partial charge >= 0.3 is 0 Å². The molecule has 0 spiro atoms. The second-order valence-electron chi connectivity index (χ2n) is 6.59. The molecule has 0 saturated carbocycles. The van der Waals surface area contributed by atoms with Gasteiger partial charge in [0.05, 0.1) is 6.21 Å². The molecular weight excluding hydrogens is 358 g/mol. The number of halogens is 1. The first-order valence-electron chi connectivity index (χ1n) is 8.73. The zero-order valence-corrected chi connectivity index (χ0v) is 16.6. The monoisotopic (exact) mass is 379 g/mol. The topological polar surface area (TPSA) is 46.4 Å². The van der Waals surface area contributed by atoms with E-state index >= 15 is 0 Å². The first-order chi connectivity index (χ1) is 12.9. The summed E-state index contributed by atoms with van der Waals surface area (Å²) in [4.78, 5) is 12.1. The van der Waals surface area contributed by atoms with E-state index in [0.717, 1.165) is 22.6 Å². The van der Waals surface area contributed by atoms with Crippen LogP contribution in [-0.2, 0) is 0 Å². The molecular formula is C22H22ClN3O. The van der Waals surface area contributed by atoms with Crippen molar-refractivity contribution in [3.8, 4) is 5.69 Å². The Balaban J connectivity index is 1.82. The lowest BCUT2D eigenvalue weighted by atomic mass is 10.1. The molecule has 1 aromatic heterocycles. The summed E-state index contributed by atoms with van der Waals surface area (Å²) in [5, 5.41) is 4.71. The SMILES string of the molecule is Cc1cccc(-n2c(C)cc(/C=N\NC(=O)c3ccc(Cl)cc3)c2C)c1C. The lowest BCUT2D eigenvalue weighted by Gasteiger charge is -2.14. The fraction of sp³-hybridized carbons (Fsp3) is 0.182. The number of nitrogens with zero attached hydrogens (tertiary/aromatic N) is 2. The van der Waals surface area contributed by atoms with Crippen molar-refractivity contribution in [3.05, 3.63) is 87.2 Å². The van der Waals surface area contributed by atoms with E-state index in [0.29, 0.717) is 10.6 Å². The number of aromatic nitrogens is 1. The average molecular weight is 380 g/mol. The first-order valence-corrected chi connectivity index (χ1v) is 9.11. The van der Waals surface area contributed by atoms with Gasteiger partial charge in [-0.2, -0.15) is 5.10 Å². The predicted octanol–water partition coefficient (Wildman–Crippen LogP) is 5.13. The Morgan fingerprint density at radius 1 is 1.07 bits per heavy atom. The number of rotatable bonds is 4. The molecule has 3 aromatic rings. The summed E-state index contributed by atoms with van der Waals surface area (Å²) >= 11 is 5.84. The lowest BCUT2D eigenvalue weighted by molar-refractivity contribution is 0.0955. The number of hydrogen-bond acceptors (Lipinski definition) is 2. The molecule has 4 nitrogen and oxygen atoms in total. The highest BCUT2D eigenvalue weighted by atomic mass is 35.5. The maximum Gasteiger partial charge on any atom is 0.271 e. The van der Waals surface area contributed by atoms with Crippen LogP contribution in [0.15, 0.2) is 53.6 Å². The predicted molar refractivity (Wildman–Crippen MR) is 111 cm³/mol. The standard InChI is InChI=1S/C22H22ClN3O/c1-14-6-5-7-21(16(14)3)26-15(2)12-19(17(26)4)13-24-25-22(27)18-8-10-20(23)11-9-18/h5-13H,1-4H3,(H,25,27)/b24-13-. The van der Waals surface area contributed by atoms with Gasteiger partial charge in [0, 0.05) is 33.2 Å². The number of carbonyl (C=O) groups is 1. The zero-order valence-electron chi connectivity index (χ0n) is 15.9. The number of amides is 1. The Kier molecular flexibility index (Phi) is 5.47. The van der Waals surface area contributed by atoms with Gasteiger partial charge in [-0.1, -0.05) is 23.7 Å². The highest BCUT2D eigenvalue weighted by Gasteiger charge is 2.12. The minimum absolute atomic E-state index is 0.272. The molecule has 0 fully saturated rings. The van der Waals surface area contributed by atoms with Gasteiger partial charge in [0.1, 0.15) is 0 Å². The van der Waals surface area contributed by atoms with Crippen LogP contribution in [-0.4, -0.2) is 16.7 Å². The normalized spacial score (nSPS) is 11.1. The maximum absolute atomic E-state index is 12.1. The van der Waals surface area contributed by atoms with E-state index in [9.17, 15) is 4.79 Å². The largest absolute Gasteiger partial charge is 0.318 e. The number of aryl methyl sites for hydroxylation is 2. The van der Waals surface area contributed by atoms with Gasteiger partial charge in [0.25, 0.3) is 5.91 Å². The molecule has 0 unspecified atom stereocenters. The van der Waals surface area contributed by atoms with Crippen LogP contribution in [0.25, 0.3) is 5.69 Å². The molecule has 2 aromatic carbocycles. The first kappa shape index (κ1) is 18.9. The third-order valence-electron chi connectivity index (χ3n) is 4.76. The summed E-state index contributed by atoms with van der Waals surface area (Å²) in [6.07, 6.45) is 1.68. The zero-order chi connectivity index (χ0) is 19.6. The van der Waals surface area contributed by atoms with Crippen LogP contribution in [0.4, 0.5) is 0 Å². The smallest absolute Gasteiger partial charge is 0.271 e. The van der Waals surface area contributed by atoms with E-state index < -0.39 is 0 Å². The molecule has 0 aliphatic rings. The fourth-order valence-electron chi connectivity index (χ4n) is 3.09. The molecule has 27 heavy (non-hydrogen) atoms. The molecule has 0 atom stereocenters. The van der Waals surface area contributed by atoms with Crippen molar-refractivity contribution >= 4 is 23.7 Å². The summed E-state index contributed by atoms with van der Waals surface area (Å²) in [5.41, 5.74) is 9.89. The van der Waals surface area contributed by atoms with Crippen molar-refractivity contribution < 1.29 is 4.79 Å². The summed E-state index contributed by atoms with van der Waals surface area (Å²) in [5.74, 6) is -0.272. The van der Waals surface area contributed by atoms with Crippen molar-refractivity contribution in [2.75, 3.05) is 0 Å². The van der Waals surface area contributed by atoms with Gasteiger partial charge in [-0.25, -0.2) is 5.43 Å². The van der Waals surface area contributed by atoms with Crippen LogP contribution >= 0.6 is 11.6 Å². The van der Waals surface area contributed by atoms with Gasteiger partial charge in [0.15, 0.2) is 0 Å². The molecule has 0 radical (unpaired) electrons. The minimum Gasteiger partial charge on any atom is -0.318 e. The molecule has 0 aliphatic heterocycles. The third-order valence-corrected chi connectivity index (χ3v) is 5.02. The maximum atomic E-state index is 12.1. The van der Waals surface area contributed by atoms with Crippen molar-refractivity contribution in [2.45, 2.75) is 27.7 Å². The van der Waals surface area contributed by atoms with Gasteiger partial charge in [-0.3, -0.25) is 4.79 Å². The molecule has 0 saturated heterocycles. The van der Waals surface area contributed by atoms with Gasteiger partial charge < -0.3 is 4.57 Å². The molecule has 5 heteroatoms. The Bertz CT molecular complexity index is 1020. The van der Waals surface area contributed by atoms with E-state index in [4.69, 9.17) is 11.6 Å². The summed E-state index contributed by atoms with van der Waals surface area (Å²) in [6.45, 7) is 8.36. The molecule has 1 N–H and O–H groups in total. The minimum atomic E-state index is -0.272. The van der Waals surface area contributed by atoms with Gasteiger partial charge in [0.2, 0.25) is 0 Å². The number of benzene rings is 2. The number of hydrogen-bond donors (Lipinski definition) is 1. The lowest BCUT2D eigenvalue weighted by Crippen LogP contribution is -2.17. The Morgan fingerprint density at radius 2 is 1.78 bits per heavy atom. The molecule has 1 amide bonds. The fourth-order valence-corrected chi connectivity index (χ4v) is 3.22. The van der Waals surface area contributed by atoms with E-state index in [-0.39, 0.29) is 5.91 Å². The van der Waals surface area contributed by atoms with E-state index in [1.54, 1.807) is 30.5 Å². The van der Waals surface area contributed by atoms with Gasteiger partial charge in [-0.05, 0) is 75.2 Å². The molecule has 0 bridgehead atoms. The van der Waals surface area contributed by atoms with Crippen LogP contribution < -0.4 is 5.43 Å². The van der Waals surface area contributed by atoms with E-state index in [1.165, 1.54) is 11.1 Å². The van der Waals surface area contributed by atoms with Crippen LogP contribution in [0, 0.1) is 27.7 Å². The van der Waals surface area contributed by atoms with E-state index in [1.807, 2.05) is 0 Å². The highest BCUT2D eigenvalue weighted by Crippen LogP contribution is 2.24. The van der Waals surface area contributed by atoms with Crippen molar-refractivity contribution in [1.82, 2.24) is 9.99 Å². The molecule has 1 heterocycles. The number of carbonyl (C=O) groups excluding carboxylic acids is 1. The Labute approximate surface area is 164 Å².